The van der Waals surface area contributed by atoms with Gasteiger partial charge in [-0.3, -0.25) is 9.59 Å². The van der Waals surface area contributed by atoms with E-state index >= 15 is 0 Å². The number of nitrogens with one attached hydrogen (secondary N) is 2. The smallest absolute Gasteiger partial charge is 0.253 e. The molecule has 9 heteroatoms. The van der Waals surface area contributed by atoms with Gasteiger partial charge in [0, 0.05) is 110 Å². The molecule has 0 atom stereocenters. The number of rotatable bonds is 10. The number of hydrogen-bond acceptors (Lipinski definition) is 6. The lowest BCUT2D eigenvalue weighted by molar-refractivity contribution is 0.0845. The number of benzene rings is 2. The second-order valence-corrected chi connectivity index (χ2v) is 13.0. The van der Waals surface area contributed by atoms with Crippen molar-refractivity contribution in [1.82, 2.24) is 14.9 Å². The zero-order valence-electron chi connectivity index (χ0n) is 28.5. The van der Waals surface area contributed by atoms with Gasteiger partial charge in [-0.15, -0.1) is 0 Å². The Morgan fingerprint density at radius 3 is 2.15 bits per heavy atom. The van der Waals surface area contributed by atoms with Crippen LogP contribution in [0.3, 0.4) is 0 Å². The summed E-state index contributed by atoms with van der Waals surface area (Å²) in [5.74, 6) is -0.193. The molecule has 2 aromatic heterocycles. The molecule has 4 aromatic rings. The lowest BCUT2D eigenvalue weighted by atomic mass is 9.99. The predicted molar refractivity (Wildman–Crippen MR) is 189 cm³/mol. The zero-order valence-corrected chi connectivity index (χ0v) is 28.5. The minimum Gasteiger partial charge on any atom is -0.381 e. The van der Waals surface area contributed by atoms with Crippen molar-refractivity contribution in [3.8, 4) is 5.69 Å². The maximum absolute atomic E-state index is 13.9. The molecular weight excluding hydrogens is 590 g/mol. The van der Waals surface area contributed by atoms with Gasteiger partial charge >= 0.3 is 0 Å². The van der Waals surface area contributed by atoms with E-state index in [-0.39, 0.29) is 18.0 Å². The molecule has 1 amide bonds. The fraction of sp³-hybridized carbons (Fsp3) is 0.474. The SMILES string of the molecule is CCN(c1ccc2cn(-c3cc(C(=O)NCc4c(C)cc(C)[nH]c4=O)c(C)c(N(CC)C4CCOCC4)c3)cc2c1)C1CCOCC1. The van der Waals surface area contributed by atoms with Crippen molar-refractivity contribution >= 4 is 28.1 Å². The molecule has 2 N–H and O–H groups in total. The van der Waals surface area contributed by atoms with Crippen LogP contribution < -0.4 is 20.7 Å². The first-order chi connectivity index (χ1) is 22.8. The highest BCUT2D eigenvalue weighted by atomic mass is 16.5. The van der Waals surface area contributed by atoms with Crippen LogP contribution in [0, 0.1) is 20.8 Å². The number of anilines is 2. The highest BCUT2D eigenvalue weighted by Gasteiger charge is 2.26. The Bertz CT molecular complexity index is 1780. The van der Waals surface area contributed by atoms with Gasteiger partial charge in [-0.2, -0.15) is 0 Å². The average Bonchev–Trinajstić information content (AvgIpc) is 3.50. The largest absolute Gasteiger partial charge is 0.381 e. The number of aromatic amines is 1. The topological polar surface area (TPSA) is 91.8 Å². The number of fused-ring (bicyclic) bond motifs is 1. The summed E-state index contributed by atoms with van der Waals surface area (Å²) in [6.07, 6.45) is 8.32. The Morgan fingerprint density at radius 1 is 0.872 bits per heavy atom. The molecule has 2 aliphatic rings. The maximum atomic E-state index is 13.9. The van der Waals surface area contributed by atoms with E-state index in [2.05, 4.69) is 75.2 Å². The van der Waals surface area contributed by atoms with Crippen LogP contribution >= 0.6 is 0 Å². The van der Waals surface area contributed by atoms with Crippen LogP contribution in [0.15, 0.2) is 53.6 Å². The molecule has 2 saturated heterocycles. The molecule has 0 unspecified atom stereocenters. The Morgan fingerprint density at radius 2 is 1.51 bits per heavy atom. The van der Waals surface area contributed by atoms with Crippen LogP contribution in [0.25, 0.3) is 16.5 Å². The summed E-state index contributed by atoms with van der Waals surface area (Å²) in [4.78, 5) is 34.4. The molecule has 2 fully saturated rings. The minimum absolute atomic E-state index is 0.161. The highest BCUT2D eigenvalue weighted by Crippen LogP contribution is 2.33. The number of ether oxygens (including phenoxy) is 2. The van der Waals surface area contributed by atoms with E-state index in [0.29, 0.717) is 23.2 Å². The minimum atomic E-state index is -0.193. The molecular formula is C38H49N5O4. The lowest BCUT2D eigenvalue weighted by Gasteiger charge is -2.37. The van der Waals surface area contributed by atoms with E-state index in [1.54, 1.807) is 0 Å². The summed E-state index contributed by atoms with van der Waals surface area (Å²) in [6.45, 7) is 15.3. The number of aryl methyl sites for hydroxylation is 2. The molecule has 2 aliphatic heterocycles. The molecule has 0 bridgehead atoms. The number of carbonyl (C=O) groups excluding carboxylic acids is 1. The van der Waals surface area contributed by atoms with Gasteiger partial charge in [0.15, 0.2) is 0 Å². The Kier molecular flexibility index (Phi) is 10.0. The number of nitrogens with zero attached hydrogens (tertiary/aromatic N) is 3. The van der Waals surface area contributed by atoms with Gasteiger partial charge in [-0.05, 0) is 107 Å². The molecule has 0 aliphatic carbocycles. The quantitative estimate of drug-likeness (QED) is 0.215. The Balaban J connectivity index is 1.37. The second-order valence-electron chi connectivity index (χ2n) is 13.0. The van der Waals surface area contributed by atoms with Crippen molar-refractivity contribution in [3.63, 3.8) is 0 Å². The van der Waals surface area contributed by atoms with Crippen LogP contribution in [0.5, 0.6) is 0 Å². The molecule has 9 nitrogen and oxygen atoms in total. The summed E-state index contributed by atoms with van der Waals surface area (Å²) in [6, 6.07) is 13.7. The van der Waals surface area contributed by atoms with Gasteiger partial charge in [-0.25, -0.2) is 0 Å². The van der Waals surface area contributed by atoms with E-state index in [4.69, 9.17) is 9.47 Å². The van der Waals surface area contributed by atoms with Crippen LogP contribution in [-0.4, -0.2) is 67.1 Å². The first-order valence-corrected chi connectivity index (χ1v) is 17.2. The third kappa shape index (κ3) is 6.97. The molecule has 2 aromatic carbocycles. The van der Waals surface area contributed by atoms with Gasteiger partial charge in [0.25, 0.3) is 11.5 Å². The van der Waals surface area contributed by atoms with Crippen LogP contribution in [0.1, 0.15) is 72.3 Å². The van der Waals surface area contributed by atoms with Gasteiger partial charge in [0.1, 0.15) is 0 Å². The summed E-state index contributed by atoms with van der Waals surface area (Å²) < 4.78 is 13.5. The normalized spacial score (nSPS) is 16.0. The molecule has 4 heterocycles. The maximum Gasteiger partial charge on any atom is 0.253 e. The van der Waals surface area contributed by atoms with Crippen molar-refractivity contribution < 1.29 is 14.3 Å². The number of H-pyrrole nitrogens is 1. The summed E-state index contributed by atoms with van der Waals surface area (Å²) in [5.41, 5.74) is 6.84. The summed E-state index contributed by atoms with van der Waals surface area (Å²) in [5, 5.41) is 5.37. The summed E-state index contributed by atoms with van der Waals surface area (Å²) in [7, 11) is 0. The molecule has 47 heavy (non-hydrogen) atoms. The molecule has 0 radical (unpaired) electrons. The van der Waals surface area contributed by atoms with Crippen LogP contribution in [0.2, 0.25) is 0 Å². The number of carbonyl (C=O) groups is 1. The third-order valence-corrected chi connectivity index (χ3v) is 10.0. The third-order valence-electron chi connectivity index (χ3n) is 10.0. The number of amides is 1. The number of hydrogen-bond donors (Lipinski definition) is 2. The zero-order chi connectivity index (χ0) is 33.1. The molecule has 250 valence electrons. The van der Waals surface area contributed by atoms with Crippen molar-refractivity contribution in [3.05, 3.63) is 87.1 Å². The lowest BCUT2D eigenvalue weighted by Crippen LogP contribution is -2.40. The fourth-order valence-corrected chi connectivity index (χ4v) is 7.46. The second kappa shape index (κ2) is 14.4. The van der Waals surface area contributed by atoms with Crippen molar-refractivity contribution in [2.24, 2.45) is 0 Å². The van der Waals surface area contributed by atoms with Crippen LogP contribution in [0.4, 0.5) is 11.4 Å². The van der Waals surface area contributed by atoms with E-state index in [9.17, 15) is 9.59 Å². The van der Waals surface area contributed by atoms with Crippen molar-refractivity contribution in [2.45, 2.75) is 78.9 Å². The average molecular weight is 640 g/mol. The van der Waals surface area contributed by atoms with Crippen molar-refractivity contribution in [2.75, 3.05) is 49.3 Å². The first-order valence-electron chi connectivity index (χ1n) is 17.2. The fourth-order valence-electron chi connectivity index (χ4n) is 7.46. The highest BCUT2D eigenvalue weighted by molar-refractivity contribution is 5.98. The predicted octanol–water partition coefficient (Wildman–Crippen LogP) is 6.18. The molecule has 6 rings (SSSR count). The first kappa shape index (κ1) is 32.8. The summed E-state index contributed by atoms with van der Waals surface area (Å²) >= 11 is 0. The van der Waals surface area contributed by atoms with E-state index in [1.807, 2.05) is 32.9 Å². The van der Waals surface area contributed by atoms with E-state index in [0.717, 1.165) is 104 Å². The van der Waals surface area contributed by atoms with Crippen LogP contribution in [-0.2, 0) is 16.0 Å². The van der Waals surface area contributed by atoms with Gasteiger partial charge < -0.3 is 34.1 Å². The number of pyridine rings is 1. The van der Waals surface area contributed by atoms with Gasteiger partial charge in [0.2, 0.25) is 0 Å². The Labute approximate surface area is 277 Å². The van der Waals surface area contributed by atoms with Gasteiger partial charge in [0.05, 0.1) is 0 Å². The number of aromatic nitrogens is 2. The monoisotopic (exact) mass is 639 g/mol. The van der Waals surface area contributed by atoms with Crippen molar-refractivity contribution in [1.29, 1.82) is 0 Å². The molecule has 0 spiro atoms. The van der Waals surface area contributed by atoms with E-state index in [1.165, 1.54) is 5.69 Å². The Hall–Kier alpha value is -4.08. The van der Waals surface area contributed by atoms with Gasteiger partial charge in [-0.1, -0.05) is 6.07 Å². The molecule has 0 saturated carbocycles. The standard InChI is InChI=1S/C38H49N5O4/c1-6-42(30-10-14-46-15-11-30)32-9-8-28-23-41(24-29(28)19-32)33-20-34(37(44)39-22-35-25(3)18-26(4)40-38(35)45)27(5)36(21-33)43(7-2)31-12-16-47-17-13-31/h8-9,18-21,23-24,30-31H,6-7,10-17,22H2,1-5H3,(H,39,44)(H,40,45). The van der Waals surface area contributed by atoms with E-state index < -0.39 is 0 Å².